The second-order valence-electron chi connectivity index (χ2n) is 6.02. The van der Waals surface area contributed by atoms with E-state index in [1.807, 2.05) is 6.07 Å². The number of ether oxygens (including phenoxy) is 2. The first-order valence-corrected chi connectivity index (χ1v) is 10.2. The van der Waals surface area contributed by atoms with Crippen molar-refractivity contribution in [1.82, 2.24) is 4.98 Å². The van der Waals surface area contributed by atoms with E-state index in [1.165, 1.54) is 25.3 Å². The van der Waals surface area contributed by atoms with Gasteiger partial charge < -0.3 is 14.2 Å². The second-order valence-corrected chi connectivity index (χ2v) is 8.06. The van der Waals surface area contributed by atoms with Gasteiger partial charge in [-0.05, 0) is 40.2 Å². The number of fused-ring (bicyclic) bond motifs is 3. The largest absolute Gasteiger partial charge is 0.491 e. The summed E-state index contributed by atoms with van der Waals surface area (Å²) in [7, 11) is -0.476. The van der Waals surface area contributed by atoms with Crippen LogP contribution in [0.2, 0.25) is 0 Å². The van der Waals surface area contributed by atoms with Gasteiger partial charge in [0, 0.05) is 21.8 Å². The minimum atomic E-state index is -1.75. The third kappa shape index (κ3) is 3.24. The highest BCUT2D eigenvalue weighted by Crippen LogP contribution is 2.35. The minimum Gasteiger partial charge on any atom is -0.491 e. The molecule has 1 aliphatic rings. The standard InChI is InChI=1S/C19H14BrFN2O4S/c1-26-19(24)17-14(23-28(25)16-5-2-10(21)8-13(16)20)4-3-12-11-6-7-27-15(11)9-22-18(12)17/h2-5,8-9,23H,6-7H2,1H3. The molecule has 0 spiro atoms. The molecule has 28 heavy (non-hydrogen) atoms. The normalized spacial score (nSPS) is 13.7. The number of pyridine rings is 1. The van der Waals surface area contributed by atoms with Gasteiger partial charge in [-0.15, -0.1) is 0 Å². The van der Waals surface area contributed by atoms with Gasteiger partial charge in [-0.1, -0.05) is 6.07 Å². The number of rotatable bonds is 4. The van der Waals surface area contributed by atoms with Crippen LogP contribution in [-0.2, 0) is 22.1 Å². The summed E-state index contributed by atoms with van der Waals surface area (Å²) in [5, 5.41) is 0.787. The number of hydrogen-bond donors (Lipinski definition) is 1. The monoisotopic (exact) mass is 464 g/mol. The summed E-state index contributed by atoms with van der Waals surface area (Å²) >= 11 is 3.20. The van der Waals surface area contributed by atoms with E-state index in [0.29, 0.717) is 32.9 Å². The van der Waals surface area contributed by atoms with E-state index >= 15 is 0 Å². The summed E-state index contributed by atoms with van der Waals surface area (Å²) in [6.07, 6.45) is 2.30. The van der Waals surface area contributed by atoms with E-state index in [4.69, 9.17) is 9.47 Å². The fraction of sp³-hybridized carbons (Fsp3) is 0.158. The van der Waals surface area contributed by atoms with Gasteiger partial charge in [0.05, 0.1) is 36.0 Å². The molecule has 9 heteroatoms. The average molecular weight is 465 g/mol. The van der Waals surface area contributed by atoms with Crippen LogP contribution in [0.5, 0.6) is 5.75 Å². The third-order valence-electron chi connectivity index (χ3n) is 4.41. The van der Waals surface area contributed by atoms with Crippen molar-refractivity contribution in [3.63, 3.8) is 0 Å². The zero-order valence-corrected chi connectivity index (χ0v) is 17.0. The van der Waals surface area contributed by atoms with Crippen LogP contribution in [0.4, 0.5) is 10.1 Å². The first kappa shape index (κ1) is 18.8. The summed E-state index contributed by atoms with van der Waals surface area (Å²) in [6, 6.07) is 7.31. The van der Waals surface area contributed by atoms with Crippen LogP contribution in [0.1, 0.15) is 15.9 Å². The average Bonchev–Trinajstić information content (AvgIpc) is 3.16. The van der Waals surface area contributed by atoms with Crippen molar-refractivity contribution in [1.29, 1.82) is 0 Å². The Labute approximate surface area is 170 Å². The lowest BCUT2D eigenvalue weighted by Gasteiger charge is -2.14. The molecule has 0 saturated carbocycles. The Bertz CT molecular complexity index is 1140. The Morgan fingerprint density at radius 3 is 2.93 bits per heavy atom. The van der Waals surface area contributed by atoms with Gasteiger partial charge in [-0.25, -0.2) is 13.4 Å². The van der Waals surface area contributed by atoms with E-state index < -0.39 is 22.8 Å². The van der Waals surface area contributed by atoms with Crippen LogP contribution in [0.25, 0.3) is 10.9 Å². The Morgan fingerprint density at radius 1 is 1.36 bits per heavy atom. The first-order valence-electron chi connectivity index (χ1n) is 8.28. The van der Waals surface area contributed by atoms with Crippen molar-refractivity contribution in [3.8, 4) is 5.75 Å². The molecule has 0 fully saturated rings. The Balaban J connectivity index is 1.81. The van der Waals surface area contributed by atoms with Crippen molar-refractivity contribution in [2.75, 3.05) is 18.4 Å². The molecule has 6 nitrogen and oxygen atoms in total. The highest BCUT2D eigenvalue weighted by Gasteiger charge is 2.24. The number of benzene rings is 2. The first-order chi connectivity index (χ1) is 13.5. The maximum atomic E-state index is 13.3. The molecule has 0 bridgehead atoms. The van der Waals surface area contributed by atoms with Gasteiger partial charge in [0.1, 0.15) is 17.1 Å². The number of anilines is 1. The molecule has 0 aliphatic carbocycles. The highest BCUT2D eigenvalue weighted by molar-refractivity contribution is 9.10. The predicted octanol–water partition coefficient (Wildman–Crippen LogP) is 3.99. The maximum absolute atomic E-state index is 13.3. The lowest BCUT2D eigenvalue weighted by molar-refractivity contribution is 0.0604. The zero-order chi connectivity index (χ0) is 19.8. The third-order valence-corrected chi connectivity index (χ3v) is 6.49. The van der Waals surface area contributed by atoms with Gasteiger partial charge in [0.15, 0.2) is 11.0 Å². The van der Waals surface area contributed by atoms with Gasteiger partial charge in [-0.2, -0.15) is 0 Å². The smallest absolute Gasteiger partial charge is 0.342 e. The topological polar surface area (TPSA) is 77.5 Å². The molecule has 1 atom stereocenters. The summed E-state index contributed by atoms with van der Waals surface area (Å²) in [5.74, 6) is -0.355. The molecule has 144 valence electrons. The summed E-state index contributed by atoms with van der Waals surface area (Å²) in [5.41, 5.74) is 1.90. The van der Waals surface area contributed by atoms with E-state index in [-0.39, 0.29) is 5.56 Å². The molecule has 1 unspecified atom stereocenters. The Kier molecular flexibility index (Phi) is 5.03. The van der Waals surface area contributed by atoms with Crippen molar-refractivity contribution in [2.24, 2.45) is 0 Å². The SMILES string of the molecule is COC(=O)c1c(NS(=O)c2ccc(F)cc2Br)ccc2c3c(cnc12)OCC3. The number of nitrogens with zero attached hydrogens (tertiary/aromatic N) is 1. The number of halogens is 2. The number of aromatic nitrogens is 1. The summed E-state index contributed by atoms with van der Waals surface area (Å²) in [6.45, 7) is 0.562. The molecule has 3 aromatic rings. The highest BCUT2D eigenvalue weighted by atomic mass is 79.9. The number of nitrogens with one attached hydrogen (secondary N) is 1. The van der Waals surface area contributed by atoms with Crippen LogP contribution >= 0.6 is 15.9 Å². The lowest BCUT2D eigenvalue weighted by Crippen LogP contribution is -2.12. The summed E-state index contributed by atoms with van der Waals surface area (Å²) in [4.78, 5) is 17.2. The fourth-order valence-corrected chi connectivity index (χ4v) is 4.82. The Morgan fingerprint density at radius 2 is 2.18 bits per heavy atom. The molecule has 0 radical (unpaired) electrons. The van der Waals surface area contributed by atoms with Crippen LogP contribution in [0, 0.1) is 5.82 Å². The van der Waals surface area contributed by atoms with Crippen LogP contribution in [-0.4, -0.2) is 28.9 Å². The number of hydrogen-bond acceptors (Lipinski definition) is 5. The molecule has 4 rings (SSSR count). The van der Waals surface area contributed by atoms with Gasteiger partial charge in [-0.3, -0.25) is 4.98 Å². The van der Waals surface area contributed by atoms with Crippen molar-refractivity contribution < 1.29 is 22.9 Å². The zero-order valence-electron chi connectivity index (χ0n) is 14.6. The van der Waals surface area contributed by atoms with E-state index in [1.54, 1.807) is 12.3 Å². The maximum Gasteiger partial charge on any atom is 0.342 e. The van der Waals surface area contributed by atoms with Crippen LogP contribution in [0.3, 0.4) is 0 Å². The van der Waals surface area contributed by atoms with Crippen molar-refractivity contribution in [2.45, 2.75) is 11.3 Å². The molecular formula is C19H14BrFN2O4S. The van der Waals surface area contributed by atoms with Crippen molar-refractivity contribution >= 4 is 49.5 Å². The lowest BCUT2D eigenvalue weighted by atomic mass is 10.0. The number of carbonyl (C=O) groups excluding carboxylic acids is 1. The molecule has 0 saturated heterocycles. The molecular weight excluding hydrogens is 451 g/mol. The van der Waals surface area contributed by atoms with E-state index in [0.717, 1.165) is 17.4 Å². The number of methoxy groups -OCH3 is 1. The Hall–Kier alpha value is -2.52. The van der Waals surface area contributed by atoms with E-state index in [2.05, 4.69) is 25.6 Å². The van der Waals surface area contributed by atoms with E-state index in [9.17, 15) is 13.4 Å². The number of esters is 1. The molecule has 1 aromatic heterocycles. The fourth-order valence-electron chi connectivity index (χ4n) is 3.12. The quantitative estimate of drug-likeness (QED) is 0.590. The second kappa shape index (κ2) is 7.48. The molecule has 2 aromatic carbocycles. The molecule has 1 aliphatic heterocycles. The van der Waals surface area contributed by atoms with Gasteiger partial charge in [0.2, 0.25) is 0 Å². The molecule has 0 amide bonds. The van der Waals surface area contributed by atoms with Gasteiger partial charge >= 0.3 is 5.97 Å². The molecule has 1 N–H and O–H groups in total. The minimum absolute atomic E-state index is 0.182. The van der Waals surface area contributed by atoms with Crippen LogP contribution in [0.15, 0.2) is 45.9 Å². The van der Waals surface area contributed by atoms with Crippen LogP contribution < -0.4 is 9.46 Å². The van der Waals surface area contributed by atoms with Gasteiger partial charge in [0.25, 0.3) is 0 Å². The summed E-state index contributed by atoms with van der Waals surface area (Å²) < 4.78 is 39.7. The number of carbonyl (C=O) groups is 1. The van der Waals surface area contributed by atoms with Crippen molar-refractivity contribution in [3.05, 3.63) is 57.9 Å². The predicted molar refractivity (Wildman–Crippen MR) is 106 cm³/mol. The molecule has 2 heterocycles.